The van der Waals surface area contributed by atoms with Gasteiger partial charge in [0, 0.05) is 17.2 Å². The summed E-state index contributed by atoms with van der Waals surface area (Å²) in [5.41, 5.74) is 0. The molecule has 0 saturated carbocycles. The van der Waals surface area contributed by atoms with Crippen LogP contribution < -0.4 is 10.4 Å². The maximum Gasteiger partial charge on any atom is 0.430 e. The molecule has 2 saturated heterocycles. The topological polar surface area (TPSA) is 73.8 Å². The highest BCUT2D eigenvalue weighted by molar-refractivity contribution is 7.86. The molecule has 0 radical (unpaired) electrons. The van der Waals surface area contributed by atoms with Gasteiger partial charge < -0.3 is 15.2 Å². The zero-order valence-electron chi connectivity index (χ0n) is 7.62. The molecule has 0 amide bonds. The van der Waals surface area contributed by atoms with Crippen LogP contribution in [0.4, 0.5) is 13.2 Å². The summed E-state index contributed by atoms with van der Waals surface area (Å²) in [4.78, 5) is 8.78. The van der Waals surface area contributed by atoms with Crippen LogP contribution in [0.15, 0.2) is 0 Å². The summed E-state index contributed by atoms with van der Waals surface area (Å²) >= 11 is 0. The minimum Gasteiger partial charge on any atom is -0.542 e. The lowest BCUT2D eigenvalue weighted by Gasteiger charge is -2.05. The molecule has 0 spiro atoms. The van der Waals surface area contributed by atoms with Gasteiger partial charge in [-0.05, 0) is 0 Å². The minimum absolute atomic E-state index is 0.442. The largest absolute Gasteiger partial charge is 0.542 e. The highest BCUT2D eigenvalue weighted by atomic mass is 32.2. The zero-order chi connectivity index (χ0) is 11.6. The van der Waals surface area contributed by atoms with E-state index in [0.717, 1.165) is 18.3 Å². The third-order valence-corrected chi connectivity index (χ3v) is 4.16. The summed E-state index contributed by atoms with van der Waals surface area (Å²) in [5, 5.41) is 11.7. The molecule has 0 aromatic rings. The van der Waals surface area contributed by atoms with Crippen LogP contribution in [0.2, 0.25) is 0 Å². The van der Waals surface area contributed by atoms with Gasteiger partial charge in [0.15, 0.2) is 0 Å². The predicted octanol–water partition coefficient (Wildman–Crippen LogP) is -2.25. The molecule has 4 nitrogen and oxygen atoms in total. The maximum atomic E-state index is 10.9. The molecule has 2 fully saturated rings. The molecule has 88 valence electrons. The number of rotatable bonds is 0. The van der Waals surface area contributed by atoms with E-state index in [0.29, 0.717) is 5.25 Å². The van der Waals surface area contributed by atoms with Gasteiger partial charge in [0.1, 0.15) is 5.97 Å². The van der Waals surface area contributed by atoms with Crippen molar-refractivity contribution in [3.63, 3.8) is 0 Å². The van der Waals surface area contributed by atoms with Crippen LogP contribution >= 0.6 is 0 Å². The highest BCUT2D eigenvalue weighted by Gasteiger charge is 2.40. The van der Waals surface area contributed by atoms with Crippen molar-refractivity contribution in [2.45, 2.75) is 23.9 Å². The second kappa shape index (κ2) is 4.48. The monoisotopic (exact) mass is 245 g/mol. The number of aliphatic carboxylic acids is 1. The smallest absolute Gasteiger partial charge is 0.430 e. The molecule has 2 aliphatic heterocycles. The Hall–Kier alpha value is -0.630. The zero-order valence-corrected chi connectivity index (χ0v) is 8.44. The van der Waals surface area contributed by atoms with Gasteiger partial charge in [-0.15, -0.1) is 0 Å². The van der Waals surface area contributed by atoms with Crippen molar-refractivity contribution in [2.75, 3.05) is 12.3 Å². The van der Waals surface area contributed by atoms with Gasteiger partial charge in [0.2, 0.25) is 0 Å². The molecule has 8 heteroatoms. The SMILES string of the molecule is O=C([O-])C(F)(F)F.O=S1C[C@@H]2C[C@H]1C[NH2+]2. The summed E-state index contributed by atoms with van der Waals surface area (Å²) < 4.78 is 42.5. The van der Waals surface area contributed by atoms with E-state index in [9.17, 15) is 17.4 Å². The molecule has 0 aromatic carbocycles. The molecule has 2 N–H and O–H groups in total. The van der Waals surface area contributed by atoms with E-state index in [1.807, 2.05) is 0 Å². The van der Waals surface area contributed by atoms with Crippen LogP contribution in [0.5, 0.6) is 0 Å². The normalized spacial score (nSPS) is 33.4. The number of hydrogen-bond donors (Lipinski definition) is 1. The first-order valence-corrected chi connectivity index (χ1v) is 5.67. The van der Waals surface area contributed by atoms with E-state index in [-0.39, 0.29) is 0 Å². The number of hydrogen-bond acceptors (Lipinski definition) is 3. The van der Waals surface area contributed by atoms with Crippen molar-refractivity contribution < 1.29 is 32.6 Å². The van der Waals surface area contributed by atoms with E-state index < -0.39 is 22.9 Å². The first-order valence-electron chi connectivity index (χ1n) is 4.29. The molecular weight excluding hydrogens is 235 g/mol. The number of nitrogens with two attached hydrogens (primary N) is 1. The van der Waals surface area contributed by atoms with Gasteiger partial charge in [0.25, 0.3) is 0 Å². The number of carbonyl (C=O) groups is 1. The van der Waals surface area contributed by atoms with E-state index >= 15 is 0 Å². The Morgan fingerprint density at radius 3 is 2.13 bits per heavy atom. The highest BCUT2D eigenvalue weighted by Crippen LogP contribution is 2.16. The Bertz CT molecular complexity index is 281. The van der Waals surface area contributed by atoms with Gasteiger partial charge in [-0.25, -0.2) is 0 Å². The Kier molecular flexibility index (Phi) is 3.72. The van der Waals surface area contributed by atoms with Crippen molar-refractivity contribution in [2.24, 2.45) is 0 Å². The fourth-order valence-electron chi connectivity index (χ4n) is 1.57. The molecule has 0 aromatic heterocycles. The number of quaternary nitrogens is 1. The van der Waals surface area contributed by atoms with E-state index in [1.165, 1.54) is 6.42 Å². The van der Waals surface area contributed by atoms with Crippen LogP contribution in [0, 0.1) is 0 Å². The van der Waals surface area contributed by atoms with Gasteiger partial charge in [-0.2, -0.15) is 13.2 Å². The van der Waals surface area contributed by atoms with E-state index in [2.05, 4.69) is 5.32 Å². The second-order valence-electron chi connectivity index (χ2n) is 3.42. The molecule has 2 bridgehead atoms. The summed E-state index contributed by atoms with van der Waals surface area (Å²) in [5.74, 6) is -2.04. The molecule has 2 rings (SSSR count). The number of carboxylic acid groups (broad SMARTS) is 1. The molecular formula is C7H10F3NO3S. The average molecular weight is 245 g/mol. The van der Waals surface area contributed by atoms with Crippen molar-refractivity contribution in [1.82, 2.24) is 0 Å². The van der Waals surface area contributed by atoms with E-state index in [1.54, 1.807) is 0 Å². The van der Waals surface area contributed by atoms with Crippen molar-refractivity contribution >= 4 is 16.8 Å². The second-order valence-corrected chi connectivity index (χ2v) is 5.18. The summed E-state index contributed by atoms with van der Waals surface area (Å²) in [6.45, 7) is 1.12. The lowest BCUT2D eigenvalue weighted by molar-refractivity contribution is -0.666. The molecule has 2 heterocycles. The predicted molar refractivity (Wildman–Crippen MR) is 43.1 cm³/mol. The Balaban J connectivity index is 0.000000153. The van der Waals surface area contributed by atoms with Crippen LogP contribution in [0.3, 0.4) is 0 Å². The van der Waals surface area contributed by atoms with Crippen molar-refractivity contribution in [1.29, 1.82) is 0 Å². The lowest BCUT2D eigenvalue weighted by Crippen LogP contribution is -2.89. The Labute approximate surface area is 86.3 Å². The maximum absolute atomic E-state index is 10.9. The summed E-state index contributed by atoms with van der Waals surface area (Å²) in [7, 11) is -0.442. The van der Waals surface area contributed by atoms with Gasteiger partial charge >= 0.3 is 6.18 Å². The number of carbonyl (C=O) groups excluding carboxylic acids is 1. The first kappa shape index (κ1) is 12.4. The third-order valence-electron chi connectivity index (χ3n) is 2.28. The fraction of sp³-hybridized carbons (Fsp3) is 0.857. The fourth-order valence-corrected chi connectivity index (χ4v) is 3.33. The summed E-state index contributed by atoms with van der Waals surface area (Å²) in [6.07, 6.45) is -3.98. The molecule has 2 aliphatic rings. The molecule has 3 atom stereocenters. The van der Waals surface area contributed by atoms with E-state index in [4.69, 9.17) is 9.90 Å². The number of alkyl halides is 3. The molecule has 15 heavy (non-hydrogen) atoms. The van der Waals surface area contributed by atoms with Crippen LogP contribution in [0.1, 0.15) is 6.42 Å². The quantitative estimate of drug-likeness (QED) is 0.524. The average Bonchev–Trinajstić information content (AvgIpc) is 2.63. The van der Waals surface area contributed by atoms with Crippen molar-refractivity contribution in [3.8, 4) is 0 Å². The lowest BCUT2D eigenvalue weighted by atomic mass is 10.3. The van der Waals surface area contributed by atoms with Crippen LogP contribution in [-0.2, 0) is 15.6 Å². The molecule has 0 aliphatic carbocycles. The van der Waals surface area contributed by atoms with Gasteiger partial charge in [-0.1, -0.05) is 0 Å². The van der Waals surface area contributed by atoms with Crippen LogP contribution in [-0.4, -0.2) is 39.9 Å². The third kappa shape index (κ3) is 3.45. The van der Waals surface area contributed by atoms with Crippen LogP contribution in [0.25, 0.3) is 0 Å². The number of fused-ring (bicyclic) bond motifs is 2. The Morgan fingerprint density at radius 2 is 2.00 bits per heavy atom. The molecule has 1 unspecified atom stereocenters. The van der Waals surface area contributed by atoms with Crippen molar-refractivity contribution in [3.05, 3.63) is 0 Å². The van der Waals surface area contributed by atoms with Gasteiger partial charge in [-0.3, -0.25) is 4.21 Å². The van der Waals surface area contributed by atoms with Gasteiger partial charge in [0.05, 0.1) is 23.6 Å². The number of carboxylic acids is 1. The summed E-state index contributed by atoms with van der Waals surface area (Å²) in [6, 6.07) is 0.723. The standard InChI is InChI=1S/C5H9NOS.C2HF3O2/c7-8-3-4-1-5(8)2-6-4;3-2(4,5)1(6)7/h4-6H,1-3H2;(H,6,7)/t4-,5-,8?;/m0./s1. The Morgan fingerprint density at radius 1 is 1.47 bits per heavy atom. The minimum atomic E-state index is -5.19. The number of halogens is 3. The first-order chi connectivity index (χ1) is 6.80.